The Morgan fingerprint density at radius 3 is 2.61 bits per heavy atom. The van der Waals surface area contributed by atoms with E-state index in [0.29, 0.717) is 11.9 Å². The second-order valence-electron chi connectivity index (χ2n) is 9.82. The predicted octanol–water partition coefficient (Wildman–Crippen LogP) is 3.50. The predicted molar refractivity (Wildman–Crippen MR) is 126 cm³/mol. The molecule has 1 unspecified atom stereocenters. The number of rotatable bonds is 7. The molecule has 2 saturated heterocycles. The molecule has 31 heavy (non-hydrogen) atoms. The molecule has 1 aliphatic carbocycles. The van der Waals surface area contributed by atoms with Gasteiger partial charge in [0.1, 0.15) is 5.75 Å². The standard InChI is InChI=1S/C26H41N3O2/c1-3-14-29(24-6-4-21-5-7-25(31-2)18-23(21)17-24)19-20-10-15-28(16-11-20)26(30)22-8-12-27-13-9-22/h5,7,18,20,22,24,27H,3-4,6,8-17,19H2,1-2H3. The van der Waals surface area contributed by atoms with E-state index in [1.54, 1.807) is 7.11 Å². The van der Waals surface area contributed by atoms with E-state index < -0.39 is 0 Å². The molecule has 172 valence electrons. The summed E-state index contributed by atoms with van der Waals surface area (Å²) < 4.78 is 5.47. The quantitative estimate of drug-likeness (QED) is 0.723. The van der Waals surface area contributed by atoms with Gasteiger partial charge in [0.25, 0.3) is 0 Å². The highest BCUT2D eigenvalue weighted by Gasteiger charge is 2.31. The first-order valence-electron chi connectivity index (χ1n) is 12.6. The Morgan fingerprint density at radius 1 is 1.13 bits per heavy atom. The number of hydrogen-bond donors (Lipinski definition) is 1. The number of methoxy groups -OCH3 is 1. The van der Waals surface area contributed by atoms with Crippen LogP contribution in [0.5, 0.6) is 5.75 Å². The molecule has 0 bridgehead atoms. The highest BCUT2D eigenvalue weighted by atomic mass is 16.5. The van der Waals surface area contributed by atoms with Gasteiger partial charge in [0.05, 0.1) is 7.11 Å². The minimum Gasteiger partial charge on any atom is -0.497 e. The average Bonchev–Trinajstić information content (AvgIpc) is 2.83. The Morgan fingerprint density at radius 2 is 1.90 bits per heavy atom. The van der Waals surface area contributed by atoms with Crippen molar-refractivity contribution in [2.24, 2.45) is 11.8 Å². The molecule has 0 aromatic heterocycles. The Hall–Kier alpha value is -1.59. The number of hydrogen-bond acceptors (Lipinski definition) is 4. The Kier molecular flexibility index (Phi) is 7.89. The molecule has 1 N–H and O–H groups in total. The van der Waals surface area contributed by atoms with E-state index in [2.05, 4.69) is 40.2 Å². The molecular formula is C26H41N3O2. The lowest BCUT2D eigenvalue weighted by Crippen LogP contribution is -2.47. The van der Waals surface area contributed by atoms with Crippen LogP contribution in [0.15, 0.2) is 18.2 Å². The maximum Gasteiger partial charge on any atom is 0.225 e. The van der Waals surface area contributed by atoms with Crippen molar-refractivity contribution < 1.29 is 9.53 Å². The van der Waals surface area contributed by atoms with Crippen LogP contribution in [0.4, 0.5) is 0 Å². The molecule has 2 heterocycles. The zero-order valence-corrected chi connectivity index (χ0v) is 19.6. The van der Waals surface area contributed by atoms with Gasteiger partial charge in [0.15, 0.2) is 0 Å². The van der Waals surface area contributed by atoms with Crippen molar-refractivity contribution in [2.45, 2.75) is 64.3 Å². The third kappa shape index (κ3) is 5.61. The lowest BCUT2D eigenvalue weighted by Gasteiger charge is -2.40. The summed E-state index contributed by atoms with van der Waals surface area (Å²) in [5.74, 6) is 2.37. The van der Waals surface area contributed by atoms with Gasteiger partial charge in [-0.2, -0.15) is 0 Å². The topological polar surface area (TPSA) is 44.8 Å². The van der Waals surface area contributed by atoms with Gasteiger partial charge in [-0.1, -0.05) is 13.0 Å². The summed E-state index contributed by atoms with van der Waals surface area (Å²) in [7, 11) is 1.76. The zero-order chi connectivity index (χ0) is 21.6. The maximum absolute atomic E-state index is 12.9. The van der Waals surface area contributed by atoms with Gasteiger partial charge in [0, 0.05) is 31.6 Å². The van der Waals surface area contributed by atoms with Gasteiger partial charge in [-0.3, -0.25) is 9.69 Å². The van der Waals surface area contributed by atoms with E-state index in [1.807, 2.05) is 0 Å². The number of aryl methyl sites for hydroxylation is 1. The second kappa shape index (κ2) is 10.8. The summed E-state index contributed by atoms with van der Waals surface area (Å²) in [5.41, 5.74) is 2.97. The summed E-state index contributed by atoms with van der Waals surface area (Å²) in [6.07, 6.45) is 9.12. The number of fused-ring (bicyclic) bond motifs is 1. The number of carbonyl (C=O) groups excluding carboxylic acids is 1. The van der Waals surface area contributed by atoms with Crippen molar-refractivity contribution in [3.63, 3.8) is 0 Å². The zero-order valence-electron chi connectivity index (χ0n) is 19.6. The van der Waals surface area contributed by atoms with Crippen molar-refractivity contribution in [2.75, 3.05) is 46.4 Å². The fraction of sp³-hybridized carbons (Fsp3) is 0.731. The molecule has 5 nitrogen and oxygen atoms in total. The van der Waals surface area contributed by atoms with Crippen LogP contribution in [0.3, 0.4) is 0 Å². The summed E-state index contributed by atoms with van der Waals surface area (Å²) in [4.78, 5) is 17.8. The fourth-order valence-electron chi connectivity index (χ4n) is 5.86. The van der Waals surface area contributed by atoms with Crippen LogP contribution < -0.4 is 10.1 Å². The molecule has 3 aliphatic rings. The van der Waals surface area contributed by atoms with E-state index in [-0.39, 0.29) is 5.92 Å². The number of benzene rings is 1. The number of carbonyl (C=O) groups is 1. The third-order valence-corrected chi connectivity index (χ3v) is 7.75. The minimum atomic E-state index is 0.258. The molecule has 0 radical (unpaired) electrons. The summed E-state index contributed by atoms with van der Waals surface area (Å²) in [6, 6.07) is 7.23. The summed E-state index contributed by atoms with van der Waals surface area (Å²) in [6.45, 7) is 8.57. The normalized spacial score (nSPS) is 23.1. The molecule has 4 rings (SSSR count). The number of nitrogens with zero attached hydrogens (tertiary/aromatic N) is 2. The number of piperidine rings is 2. The monoisotopic (exact) mass is 427 g/mol. The number of nitrogens with one attached hydrogen (secondary N) is 1. The number of amides is 1. The molecule has 5 heteroatoms. The van der Waals surface area contributed by atoms with Crippen LogP contribution in [-0.2, 0) is 17.6 Å². The molecule has 2 aliphatic heterocycles. The summed E-state index contributed by atoms with van der Waals surface area (Å²) >= 11 is 0. The molecule has 1 atom stereocenters. The number of likely N-dealkylation sites (tertiary alicyclic amines) is 1. The van der Waals surface area contributed by atoms with Crippen LogP contribution in [0.2, 0.25) is 0 Å². The number of ether oxygens (including phenoxy) is 1. The maximum atomic E-state index is 12.9. The molecule has 0 saturated carbocycles. The average molecular weight is 428 g/mol. The van der Waals surface area contributed by atoms with E-state index in [9.17, 15) is 4.79 Å². The van der Waals surface area contributed by atoms with Crippen molar-refractivity contribution in [1.29, 1.82) is 0 Å². The lowest BCUT2D eigenvalue weighted by molar-refractivity contribution is -0.137. The largest absolute Gasteiger partial charge is 0.497 e. The van der Waals surface area contributed by atoms with Gasteiger partial charge in [-0.15, -0.1) is 0 Å². The van der Waals surface area contributed by atoms with Crippen LogP contribution in [0.25, 0.3) is 0 Å². The van der Waals surface area contributed by atoms with Crippen molar-refractivity contribution in [3.8, 4) is 5.75 Å². The van der Waals surface area contributed by atoms with Crippen LogP contribution in [-0.4, -0.2) is 68.1 Å². The van der Waals surface area contributed by atoms with E-state index in [4.69, 9.17) is 4.74 Å². The van der Waals surface area contributed by atoms with Crippen molar-refractivity contribution >= 4 is 5.91 Å². The van der Waals surface area contributed by atoms with Gasteiger partial charge in [0.2, 0.25) is 5.91 Å². The smallest absolute Gasteiger partial charge is 0.225 e. The van der Waals surface area contributed by atoms with Gasteiger partial charge >= 0.3 is 0 Å². The molecule has 1 aromatic carbocycles. The van der Waals surface area contributed by atoms with Crippen LogP contribution in [0, 0.1) is 11.8 Å². The molecule has 1 aromatic rings. The van der Waals surface area contributed by atoms with Gasteiger partial charge in [-0.05, 0) is 100 Å². The van der Waals surface area contributed by atoms with Crippen LogP contribution in [0.1, 0.15) is 56.6 Å². The van der Waals surface area contributed by atoms with E-state index >= 15 is 0 Å². The van der Waals surface area contributed by atoms with Crippen molar-refractivity contribution in [3.05, 3.63) is 29.3 Å². The lowest BCUT2D eigenvalue weighted by atomic mass is 9.86. The second-order valence-corrected chi connectivity index (χ2v) is 9.82. The third-order valence-electron chi connectivity index (χ3n) is 7.75. The van der Waals surface area contributed by atoms with Gasteiger partial charge < -0.3 is 15.0 Å². The van der Waals surface area contributed by atoms with Crippen molar-refractivity contribution in [1.82, 2.24) is 15.1 Å². The Labute approximate surface area is 188 Å². The Balaban J connectivity index is 1.31. The molecule has 1 amide bonds. The fourth-order valence-corrected chi connectivity index (χ4v) is 5.86. The van der Waals surface area contributed by atoms with E-state index in [0.717, 1.165) is 70.0 Å². The Bertz CT molecular complexity index is 723. The SMILES string of the molecule is CCCN(CC1CCN(C(=O)C2CCNCC2)CC1)C1CCc2ccc(OC)cc2C1. The summed E-state index contributed by atoms with van der Waals surface area (Å²) in [5, 5.41) is 3.37. The van der Waals surface area contributed by atoms with Crippen LogP contribution >= 0.6 is 0 Å². The molecular weight excluding hydrogens is 386 g/mol. The first-order valence-corrected chi connectivity index (χ1v) is 12.6. The first kappa shape index (κ1) is 22.6. The highest BCUT2D eigenvalue weighted by Crippen LogP contribution is 2.30. The molecule has 0 spiro atoms. The first-order chi connectivity index (χ1) is 15.2. The molecule has 2 fully saturated rings. The minimum absolute atomic E-state index is 0.258. The highest BCUT2D eigenvalue weighted by molar-refractivity contribution is 5.79. The van der Waals surface area contributed by atoms with E-state index in [1.165, 1.54) is 43.5 Å². The van der Waals surface area contributed by atoms with Gasteiger partial charge in [-0.25, -0.2) is 0 Å².